The molecule has 0 aliphatic rings. The number of rotatable bonds is 4. The van der Waals surface area contributed by atoms with Crippen molar-refractivity contribution in [3.05, 3.63) is 64.9 Å². The lowest BCUT2D eigenvalue weighted by atomic mass is 10.0. The molecular weight excluding hydrogens is 234 g/mol. The third-order valence-corrected chi connectivity index (χ3v) is 2.69. The zero-order valence-corrected chi connectivity index (χ0v) is 10.0. The molecule has 2 nitrogen and oxygen atoms in total. The van der Waals surface area contributed by atoms with Gasteiger partial charge in [0.25, 0.3) is 0 Å². The normalized spacial score (nSPS) is 10.2. The summed E-state index contributed by atoms with van der Waals surface area (Å²) in [6, 6.07) is 11.1. The summed E-state index contributed by atoms with van der Waals surface area (Å²) in [6.45, 7) is 0. The van der Waals surface area contributed by atoms with Crippen LogP contribution in [0, 0.1) is 0 Å². The van der Waals surface area contributed by atoms with E-state index in [2.05, 4.69) is 4.98 Å². The number of nitrogens with zero attached hydrogens (tertiary/aromatic N) is 1. The lowest BCUT2D eigenvalue weighted by Gasteiger charge is -2.01. The summed E-state index contributed by atoms with van der Waals surface area (Å²) in [5, 5.41) is 0.688. The van der Waals surface area contributed by atoms with E-state index in [1.807, 2.05) is 24.3 Å². The minimum Gasteiger partial charge on any atom is -0.299 e. The maximum absolute atomic E-state index is 11.8. The largest absolute Gasteiger partial charge is 0.299 e. The van der Waals surface area contributed by atoms with Crippen LogP contribution in [-0.2, 0) is 17.6 Å². The molecule has 3 heteroatoms. The van der Waals surface area contributed by atoms with Crippen LogP contribution in [0.5, 0.6) is 0 Å². The quantitative estimate of drug-likeness (QED) is 0.829. The standard InChI is InChI=1S/C14H12ClNO/c15-13-5-3-11(4-6-13)8-14(17)9-12-2-1-7-16-10-12/h1-7,10H,8-9H2. The number of Topliss-reactive ketones (excluding diaryl/α,β-unsaturated/α-hetero) is 1. The molecule has 0 bridgehead atoms. The number of pyridine rings is 1. The molecule has 0 aliphatic carbocycles. The lowest BCUT2D eigenvalue weighted by Crippen LogP contribution is -2.06. The van der Waals surface area contributed by atoms with E-state index in [1.54, 1.807) is 24.5 Å². The molecule has 0 fully saturated rings. The van der Waals surface area contributed by atoms with Gasteiger partial charge >= 0.3 is 0 Å². The Labute approximate surface area is 105 Å². The molecule has 0 spiro atoms. The maximum atomic E-state index is 11.8. The number of ketones is 1. The average molecular weight is 246 g/mol. The van der Waals surface area contributed by atoms with E-state index >= 15 is 0 Å². The molecule has 0 saturated heterocycles. The van der Waals surface area contributed by atoms with Gasteiger partial charge in [0.05, 0.1) is 0 Å². The van der Waals surface area contributed by atoms with Crippen LogP contribution in [0.15, 0.2) is 48.8 Å². The van der Waals surface area contributed by atoms with Gasteiger partial charge in [0.15, 0.2) is 0 Å². The fourth-order valence-corrected chi connectivity index (χ4v) is 1.75. The highest BCUT2D eigenvalue weighted by Crippen LogP contribution is 2.11. The Morgan fingerprint density at radius 2 is 1.76 bits per heavy atom. The third kappa shape index (κ3) is 3.68. The Bertz CT molecular complexity index is 493. The Morgan fingerprint density at radius 1 is 1.06 bits per heavy atom. The Kier molecular flexibility index (Phi) is 3.89. The first-order chi connectivity index (χ1) is 8.24. The van der Waals surface area contributed by atoms with Crippen molar-refractivity contribution >= 4 is 17.4 Å². The van der Waals surface area contributed by atoms with Gasteiger partial charge in [0.1, 0.15) is 5.78 Å². The molecule has 86 valence electrons. The highest BCUT2D eigenvalue weighted by Gasteiger charge is 2.05. The van der Waals surface area contributed by atoms with E-state index in [1.165, 1.54) is 0 Å². The van der Waals surface area contributed by atoms with Crippen LogP contribution < -0.4 is 0 Å². The second-order valence-electron chi connectivity index (χ2n) is 3.88. The Hall–Kier alpha value is -1.67. The number of hydrogen-bond donors (Lipinski definition) is 0. The molecule has 0 radical (unpaired) electrons. The molecule has 0 atom stereocenters. The molecule has 0 saturated carbocycles. The first-order valence-corrected chi connectivity index (χ1v) is 5.77. The monoisotopic (exact) mass is 245 g/mol. The summed E-state index contributed by atoms with van der Waals surface area (Å²) >= 11 is 5.78. The summed E-state index contributed by atoms with van der Waals surface area (Å²) in [4.78, 5) is 15.8. The van der Waals surface area contributed by atoms with Crippen LogP contribution in [0.4, 0.5) is 0 Å². The molecule has 0 amide bonds. The van der Waals surface area contributed by atoms with Gasteiger partial charge in [-0.3, -0.25) is 9.78 Å². The smallest absolute Gasteiger partial charge is 0.141 e. The minimum atomic E-state index is 0.181. The van der Waals surface area contributed by atoms with Crippen molar-refractivity contribution in [2.24, 2.45) is 0 Å². The zero-order chi connectivity index (χ0) is 12.1. The van der Waals surface area contributed by atoms with Gasteiger partial charge in [-0.25, -0.2) is 0 Å². The first kappa shape index (κ1) is 11.8. The number of benzene rings is 1. The first-order valence-electron chi connectivity index (χ1n) is 5.39. The summed E-state index contributed by atoms with van der Waals surface area (Å²) in [6.07, 6.45) is 4.29. The summed E-state index contributed by atoms with van der Waals surface area (Å²) in [7, 11) is 0. The molecular formula is C14H12ClNO. The van der Waals surface area contributed by atoms with Gasteiger partial charge < -0.3 is 0 Å². The molecule has 0 unspecified atom stereocenters. The van der Waals surface area contributed by atoms with Crippen molar-refractivity contribution in [2.75, 3.05) is 0 Å². The fraction of sp³-hybridized carbons (Fsp3) is 0.143. The number of aromatic nitrogens is 1. The summed E-state index contributed by atoms with van der Waals surface area (Å²) in [5.74, 6) is 0.181. The molecule has 0 aliphatic heterocycles. The predicted octanol–water partition coefficient (Wildman–Crippen LogP) is 3.09. The van der Waals surface area contributed by atoms with Crippen LogP contribution >= 0.6 is 11.6 Å². The van der Waals surface area contributed by atoms with Crippen LogP contribution in [0.2, 0.25) is 5.02 Å². The van der Waals surface area contributed by atoms with Gasteiger partial charge in [-0.1, -0.05) is 29.8 Å². The second kappa shape index (κ2) is 5.60. The number of carbonyl (C=O) groups excluding carboxylic acids is 1. The highest BCUT2D eigenvalue weighted by molar-refractivity contribution is 6.30. The molecule has 0 N–H and O–H groups in total. The van der Waals surface area contributed by atoms with Crippen molar-refractivity contribution in [2.45, 2.75) is 12.8 Å². The SMILES string of the molecule is O=C(Cc1ccc(Cl)cc1)Cc1cccnc1. The van der Waals surface area contributed by atoms with E-state index in [0.717, 1.165) is 11.1 Å². The number of hydrogen-bond acceptors (Lipinski definition) is 2. The van der Waals surface area contributed by atoms with E-state index in [4.69, 9.17) is 11.6 Å². The van der Waals surface area contributed by atoms with Crippen molar-refractivity contribution in [3.63, 3.8) is 0 Å². The lowest BCUT2D eigenvalue weighted by molar-refractivity contribution is -0.117. The van der Waals surface area contributed by atoms with E-state index in [-0.39, 0.29) is 5.78 Å². The maximum Gasteiger partial charge on any atom is 0.141 e. The topological polar surface area (TPSA) is 30.0 Å². The molecule has 1 aromatic carbocycles. The van der Waals surface area contributed by atoms with E-state index < -0.39 is 0 Å². The number of carbonyl (C=O) groups is 1. The van der Waals surface area contributed by atoms with Crippen LogP contribution in [-0.4, -0.2) is 10.8 Å². The van der Waals surface area contributed by atoms with Crippen molar-refractivity contribution in [1.29, 1.82) is 0 Å². The molecule has 2 rings (SSSR count). The van der Waals surface area contributed by atoms with E-state index in [9.17, 15) is 4.79 Å². The van der Waals surface area contributed by atoms with E-state index in [0.29, 0.717) is 17.9 Å². The summed E-state index contributed by atoms with van der Waals surface area (Å²) < 4.78 is 0. The van der Waals surface area contributed by atoms with Crippen molar-refractivity contribution in [3.8, 4) is 0 Å². The Morgan fingerprint density at radius 3 is 2.41 bits per heavy atom. The predicted molar refractivity (Wildman–Crippen MR) is 68.1 cm³/mol. The third-order valence-electron chi connectivity index (χ3n) is 2.44. The molecule has 1 aromatic heterocycles. The van der Waals surface area contributed by atoms with Crippen molar-refractivity contribution < 1.29 is 4.79 Å². The van der Waals surface area contributed by atoms with Crippen LogP contribution in [0.25, 0.3) is 0 Å². The van der Waals surface area contributed by atoms with Gasteiger partial charge in [0.2, 0.25) is 0 Å². The molecule has 17 heavy (non-hydrogen) atoms. The van der Waals surface area contributed by atoms with Crippen LogP contribution in [0.1, 0.15) is 11.1 Å². The Balaban J connectivity index is 1.96. The minimum absolute atomic E-state index is 0.181. The highest BCUT2D eigenvalue weighted by atomic mass is 35.5. The van der Waals surface area contributed by atoms with Gasteiger partial charge in [-0.05, 0) is 29.3 Å². The van der Waals surface area contributed by atoms with Crippen molar-refractivity contribution in [1.82, 2.24) is 4.98 Å². The van der Waals surface area contributed by atoms with Gasteiger partial charge in [-0.15, -0.1) is 0 Å². The zero-order valence-electron chi connectivity index (χ0n) is 9.27. The average Bonchev–Trinajstić information content (AvgIpc) is 2.33. The fourth-order valence-electron chi connectivity index (χ4n) is 1.62. The summed E-state index contributed by atoms with van der Waals surface area (Å²) in [5.41, 5.74) is 1.94. The molecule has 2 aromatic rings. The molecule has 1 heterocycles. The number of halogens is 1. The second-order valence-corrected chi connectivity index (χ2v) is 4.32. The van der Waals surface area contributed by atoms with Crippen LogP contribution in [0.3, 0.4) is 0 Å². The van der Waals surface area contributed by atoms with Gasteiger partial charge in [0, 0.05) is 30.3 Å². The van der Waals surface area contributed by atoms with Gasteiger partial charge in [-0.2, -0.15) is 0 Å².